The molecule has 2 amide bonds. The highest BCUT2D eigenvalue weighted by atomic mass is 32.2. The second-order valence-electron chi connectivity index (χ2n) is 4.57. The molecule has 24 heavy (non-hydrogen) atoms. The van der Waals surface area contributed by atoms with Gasteiger partial charge >= 0.3 is 6.03 Å². The number of urea groups is 1. The normalized spacial score (nSPS) is 11.0. The van der Waals surface area contributed by atoms with E-state index in [1.54, 1.807) is 36.7 Å². The van der Waals surface area contributed by atoms with Crippen molar-refractivity contribution in [2.75, 3.05) is 0 Å². The molecule has 0 aliphatic carbocycles. The van der Waals surface area contributed by atoms with Gasteiger partial charge in [0.1, 0.15) is 15.7 Å². The van der Waals surface area contributed by atoms with E-state index >= 15 is 0 Å². The summed E-state index contributed by atoms with van der Waals surface area (Å²) in [6, 6.07) is 9.87. The molecule has 0 radical (unpaired) electrons. The molecule has 0 aliphatic heterocycles. The van der Waals surface area contributed by atoms with Gasteiger partial charge in [0.2, 0.25) is 0 Å². The van der Waals surface area contributed by atoms with Gasteiger partial charge < -0.3 is 5.73 Å². The average Bonchev–Trinajstić information content (AvgIpc) is 2.58. The molecule has 9 heteroatoms. The van der Waals surface area contributed by atoms with E-state index in [9.17, 15) is 9.59 Å². The minimum atomic E-state index is -0.820. The van der Waals surface area contributed by atoms with Crippen molar-refractivity contribution in [1.82, 2.24) is 19.8 Å². The number of rotatable bonds is 4. The van der Waals surface area contributed by atoms with Crippen molar-refractivity contribution < 1.29 is 4.79 Å². The van der Waals surface area contributed by atoms with Crippen LogP contribution in [0.3, 0.4) is 0 Å². The lowest BCUT2D eigenvalue weighted by molar-refractivity contribution is 0.249. The molecule has 0 aromatic carbocycles. The van der Waals surface area contributed by atoms with Gasteiger partial charge in [-0.3, -0.25) is 9.20 Å². The number of carbonyl (C=O) groups excluding carboxylic acids is 1. The highest BCUT2D eigenvalue weighted by Crippen LogP contribution is 2.25. The Morgan fingerprint density at radius 3 is 2.88 bits per heavy atom. The molecule has 3 rings (SSSR count). The predicted molar refractivity (Wildman–Crippen MR) is 90.1 cm³/mol. The Labute approximate surface area is 140 Å². The first-order valence-electron chi connectivity index (χ1n) is 6.84. The topological polar surface area (TPSA) is 115 Å². The van der Waals surface area contributed by atoms with Crippen LogP contribution >= 0.6 is 11.8 Å². The summed E-state index contributed by atoms with van der Waals surface area (Å²) in [5, 5.41) is 4.79. The molecule has 0 saturated carbocycles. The summed E-state index contributed by atoms with van der Waals surface area (Å²) in [4.78, 5) is 32.1. The van der Waals surface area contributed by atoms with E-state index in [1.807, 2.05) is 12.1 Å². The molecule has 3 N–H and O–H groups in total. The largest absolute Gasteiger partial charge is 0.350 e. The molecule has 0 aliphatic rings. The third-order valence-electron chi connectivity index (χ3n) is 2.94. The van der Waals surface area contributed by atoms with Crippen LogP contribution < -0.4 is 16.7 Å². The van der Waals surface area contributed by atoms with Crippen LogP contribution in [-0.4, -0.2) is 26.6 Å². The Hall–Kier alpha value is -3.20. The SMILES string of the molecule is NC(=O)N/N=C\c1c(Sc2ccccn2)nc2ccccn2c1=O. The number of hydrogen-bond acceptors (Lipinski definition) is 6. The molecule has 0 spiro atoms. The quantitative estimate of drug-likeness (QED) is 0.421. The van der Waals surface area contributed by atoms with Crippen molar-refractivity contribution in [1.29, 1.82) is 0 Å². The summed E-state index contributed by atoms with van der Waals surface area (Å²) in [7, 11) is 0. The second kappa shape index (κ2) is 6.92. The zero-order valence-corrected chi connectivity index (χ0v) is 13.1. The van der Waals surface area contributed by atoms with E-state index in [0.717, 1.165) is 0 Å². The van der Waals surface area contributed by atoms with Crippen molar-refractivity contribution in [3.05, 3.63) is 64.7 Å². The Kier molecular flexibility index (Phi) is 4.52. The summed E-state index contributed by atoms with van der Waals surface area (Å²) >= 11 is 1.23. The van der Waals surface area contributed by atoms with Gasteiger partial charge in [0.15, 0.2) is 0 Å². The standard InChI is InChI=1S/C15H12N6O2S/c16-15(23)20-18-9-10-13(24-12-6-1-3-7-17-12)19-11-5-2-4-8-21(11)14(10)22/h1-9H,(H3,16,20,23)/b18-9-. The van der Waals surface area contributed by atoms with Gasteiger partial charge in [-0.1, -0.05) is 12.1 Å². The van der Waals surface area contributed by atoms with Crippen LogP contribution in [0.5, 0.6) is 0 Å². The van der Waals surface area contributed by atoms with Crippen LogP contribution in [0, 0.1) is 0 Å². The van der Waals surface area contributed by atoms with Crippen LogP contribution in [0.1, 0.15) is 5.56 Å². The van der Waals surface area contributed by atoms with Gasteiger partial charge in [-0.15, -0.1) is 0 Å². The fourth-order valence-electron chi connectivity index (χ4n) is 1.94. The summed E-state index contributed by atoms with van der Waals surface area (Å²) in [5.74, 6) is 0. The zero-order valence-electron chi connectivity index (χ0n) is 12.3. The number of nitrogens with one attached hydrogen (secondary N) is 1. The smallest absolute Gasteiger partial charge is 0.332 e. The molecule has 0 saturated heterocycles. The van der Waals surface area contributed by atoms with E-state index in [4.69, 9.17) is 5.73 Å². The fraction of sp³-hybridized carbons (Fsp3) is 0. The number of aromatic nitrogens is 3. The van der Waals surface area contributed by atoms with Crippen molar-refractivity contribution in [2.24, 2.45) is 10.8 Å². The van der Waals surface area contributed by atoms with Crippen molar-refractivity contribution >= 4 is 29.7 Å². The summed E-state index contributed by atoms with van der Waals surface area (Å²) in [6.45, 7) is 0. The lowest BCUT2D eigenvalue weighted by Gasteiger charge is -2.07. The van der Waals surface area contributed by atoms with Crippen LogP contribution in [0.15, 0.2) is 68.7 Å². The Bertz CT molecular complexity index is 971. The van der Waals surface area contributed by atoms with Crippen molar-refractivity contribution in [3.8, 4) is 0 Å². The van der Waals surface area contributed by atoms with Crippen LogP contribution in [-0.2, 0) is 0 Å². The molecule has 3 aromatic rings. The first-order valence-corrected chi connectivity index (χ1v) is 7.65. The van der Waals surface area contributed by atoms with E-state index < -0.39 is 6.03 Å². The fourth-order valence-corrected chi connectivity index (χ4v) is 2.79. The van der Waals surface area contributed by atoms with Gasteiger partial charge in [-0.05, 0) is 36.0 Å². The second-order valence-corrected chi connectivity index (χ2v) is 5.58. The van der Waals surface area contributed by atoms with Crippen LogP contribution in [0.25, 0.3) is 5.65 Å². The Morgan fingerprint density at radius 1 is 1.29 bits per heavy atom. The highest BCUT2D eigenvalue weighted by Gasteiger charge is 2.13. The highest BCUT2D eigenvalue weighted by molar-refractivity contribution is 7.99. The summed E-state index contributed by atoms with van der Waals surface area (Å²) in [5.41, 5.74) is 7.45. The monoisotopic (exact) mass is 340 g/mol. The summed E-state index contributed by atoms with van der Waals surface area (Å²) < 4.78 is 1.40. The number of carbonyl (C=O) groups is 1. The predicted octanol–water partition coefficient (Wildman–Crippen LogP) is 1.24. The van der Waals surface area contributed by atoms with E-state index in [1.165, 1.54) is 22.4 Å². The third-order valence-corrected chi connectivity index (χ3v) is 3.90. The molecular weight excluding hydrogens is 328 g/mol. The molecule has 8 nitrogen and oxygen atoms in total. The maximum Gasteiger partial charge on any atom is 0.332 e. The van der Waals surface area contributed by atoms with Crippen LogP contribution in [0.2, 0.25) is 0 Å². The Morgan fingerprint density at radius 2 is 2.12 bits per heavy atom. The summed E-state index contributed by atoms with van der Waals surface area (Å²) in [6.07, 6.45) is 4.49. The van der Waals surface area contributed by atoms with Gasteiger partial charge in [0, 0.05) is 12.4 Å². The van der Waals surface area contributed by atoms with Gasteiger partial charge in [0.25, 0.3) is 5.56 Å². The van der Waals surface area contributed by atoms with Gasteiger partial charge in [-0.25, -0.2) is 20.2 Å². The van der Waals surface area contributed by atoms with E-state index in [2.05, 4.69) is 20.5 Å². The van der Waals surface area contributed by atoms with E-state index in [0.29, 0.717) is 15.7 Å². The van der Waals surface area contributed by atoms with Gasteiger partial charge in [-0.2, -0.15) is 5.10 Å². The van der Waals surface area contributed by atoms with Crippen molar-refractivity contribution in [3.63, 3.8) is 0 Å². The molecule has 3 heterocycles. The number of amides is 2. The molecule has 0 atom stereocenters. The minimum absolute atomic E-state index is 0.225. The minimum Gasteiger partial charge on any atom is -0.350 e. The molecule has 0 fully saturated rings. The molecule has 0 bridgehead atoms. The number of hydrogen-bond donors (Lipinski definition) is 2. The Balaban J connectivity index is 2.12. The maximum absolute atomic E-state index is 12.7. The molecule has 0 unspecified atom stereocenters. The van der Waals surface area contributed by atoms with Gasteiger partial charge in [0.05, 0.1) is 11.8 Å². The zero-order chi connectivity index (χ0) is 16.9. The average molecular weight is 340 g/mol. The first kappa shape index (κ1) is 15.7. The molecular formula is C15H12N6O2S. The number of fused-ring (bicyclic) bond motifs is 1. The lowest BCUT2D eigenvalue weighted by Crippen LogP contribution is -2.26. The first-order chi connectivity index (χ1) is 11.6. The number of pyridine rings is 2. The van der Waals surface area contributed by atoms with E-state index in [-0.39, 0.29) is 11.1 Å². The lowest BCUT2D eigenvalue weighted by atomic mass is 10.3. The number of primary amides is 1. The number of nitrogens with two attached hydrogens (primary N) is 1. The van der Waals surface area contributed by atoms with Crippen LogP contribution in [0.4, 0.5) is 4.79 Å². The third kappa shape index (κ3) is 3.41. The molecule has 3 aromatic heterocycles. The molecule has 120 valence electrons. The number of nitrogens with zero attached hydrogens (tertiary/aromatic N) is 4. The maximum atomic E-state index is 12.7. The van der Waals surface area contributed by atoms with Crippen molar-refractivity contribution in [2.45, 2.75) is 10.1 Å². The number of hydrazone groups is 1.